The SMILES string of the molecule is COc1ccc(Br)cc1COc1c(CBr)cccc1OC. The van der Waals surface area contributed by atoms with Gasteiger partial charge in [-0.25, -0.2) is 0 Å². The highest BCUT2D eigenvalue weighted by molar-refractivity contribution is 9.10. The van der Waals surface area contributed by atoms with Gasteiger partial charge < -0.3 is 14.2 Å². The monoisotopic (exact) mass is 414 g/mol. The van der Waals surface area contributed by atoms with Gasteiger partial charge in [-0.3, -0.25) is 0 Å². The van der Waals surface area contributed by atoms with Gasteiger partial charge in [-0.1, -0.05) is 44.0 Å². The van der Waals surface area contributed by atoms with E-state index in [2.05, 4.69) is 31.9 Å². The molecule has 0 saturated carbocycles. The summed E-state index contributed by atoms with van der Waals surface area (Å²) in [6.45, 7) is 0.406. The average Bonchev–Trinajstić information content (AvgIpc) is 2.52. The molecule has 0 saturated heterocycles. The Labute approximate surface area is 141 Å². The smallest absolute Gasteiger partial charge is 0.165 e. The number of alkyl halides is 1. The number of para-hydroxylation sites is 1. The predicted octanol–water partition coefficient (Wildman–Crippen LogP) is 4.94. The lowest BCUT2D eigenvalue weighted by molar-refractivity contribution is 0.276. The Hall–Kier alpha value is -1.20. The molecule has 0 heterocycles. The summed E-state index contributed by atoms with van der Waals surface area (Å²) in [4.78, 5) is 0. The number of methoxy groups -OCH3 is 2. The lowest BCUT2D eigenvalue weighted by Crippen LogP contribution is -2.02. The van der Waals surface area contributed by atoms with Crippen molar-refractivity contribution < 1.29 is 14.2 Å². The number of halogens is 2. The predicted molar refractivity (Wildman–Crippen MR) is 90.7 cm³/mol. The van der Waals surface area contributed by atoms with Gasteiger partial charge in [0.05, 0.1) is 14.2 Å². The van der Waals surface area contributed by atoms with Crippen LogP contribution in [0.25, 0.3) is 0 Å². The van der Waals surface area contributed by atoms with Gasteiger partial charge in [0.15, 0.2) is 11.5 Å². The quantitative estimate of drug-likeness (QED) is 0.625. The number of hydrogen-bond donors (Lipinski definition) is 0. The van der Waals surface area contributed by atoms with Crippen LogP contribution in [0.15, 0.2) is 40.9 Å². The van der Waals surface area contributed by atoms with Crippen LogP contribution in [0.2, 0.25) is 0 Å². The molecule has 2 rings (SSSR count). The largest absolute Gasteiger partial charge is 0.496 e. The molecular formula is C16H16Br2O3. The normalized spacial score (nSPS) is 10.3. The molecule has 112 valence electrons. The summed E-state index contributed by atoms with van der Waals surface area (Å²) >= 11 is 6.93. The van der Waals surface area contributed by atoms with Crippen molar-refractivity contribution in [3.63, 3.8) is 0 Å². The van der Waals surface area contributed by atoms with Gasteiger partial charge >= 0.3 is 0 Å². The zero-order valence-electron chi connectivity index (χ0n) is 11.9. The minimum atomic E-state index is 0.406. The fourth-order valence-corrected chi connectivity index (χ4v) is 2.85. The second-order valence-corrected chi connectivity index (χ2v) is 5.80. The van der Waals surface area contributed by atoms with Crippen molar-refractivity contribution in [3.8, 4) is 17.2 Å². The first-order valence-corrected chi connectivity index (χ1v) is 8.28. The topological polar surface area (TPSA) is 27.7 Å². The molecule has 0 N–H and O–H groups in total. The molecule has 0 aliphatic carbocycles. The Morgan fingerprint density at radius 3 is 2.38 bits per heavy atom. The molecule has 0 unspecified atom stereocenters. The summed E-state index contributed by atoms with van der Waals surface area (Å²) in [5, 5.41) is 0.704. The van der Waals surface area contributed by atoms with Crippen molar-refractivity contribution in [2.24, 2.45) is 0 Å². The second kappa shape index (κ2) is 7.71. The summed E-state index contributed by atoms with van der Waals surface area (Å²) in [7, 11) is 3.29. The minimum Gasteiger partial charge on any atom is -0.496 e. The molecule has 0 spiro atoms. The van der Waals surface area contributed by atoms with E-state index in [4.69, 9.17) is 14.2 Å². The van der Waals surface area contributed by atoms with E-state index in [9.17, 15) is 0 Å². The summed E-state index contributed by atoms with van der Waals surface area (Å²) in [6.07, 6.45) is 0. The molecule has 2 aromatic carbocycles. The third-order valence-corrected chi connectivity index (χ3v) is 4.14. The van der Waals surface area contributed by atoms with Gasteiger partial charge in [0.25, 0.3) is 0 Å². The molecule has 21 heavy (non-hydrogen) atoms. The first kappa shape index (κ1) is 16.2. The van der Waals surface area contributed by atoms with Crippen molar-refractivity contribution in [1.29, 1.82) is 0 Å². The molecular weight excluding hydrogens is 400 g/mol. The van der Waals surface area contributed by atoms with E-state index >= 15 is 0 Å². The summed E-state index contributed by atoms with van der Waals surface area (Å²) in [5.74, 6) is 2.27. The van der Waals surface area contributed by atoms with E-state index in [-0.39, 0.29) is 0 Å². The Bertz CT molecular complexity index is 592. The highest BCUT2D eigenvalue weighted by Crippen LogP contribution is 2.34. The molecule has 0 amide bonds. The van der Waals surface area contributed by atoms with Gasteiger partial charge in [-0.05, 0) is 24.3 Å². The van der Waals surface area contributed by atoms with Crippen LogP contribution in [0.5, 0.6) is 17.2 Å². The van der Waals surface area contributed by atoms with E-state index in [1.807, 2.05) is 36.4 Å². The van der Waals surface area contributed by atoms with Gasteiger partial charge in [-0.2, -0.15) is 0 Å². The van der Waals surface area contributed by atoms with Crippen LogP contribution in [-0.4, -0.2) is 14.2 Å². The zero-order chi connectivity index (χ0) is 15.2. The van der Waals surface area contributed by atoms with E-state index < -0.39 is 0 Å². The van der Waals surface area contributed by atoms with E-state index in [1.165, 1.54) is 0 Å². The number of hydrogen-bond acceptors (Lipinski definition) is 3. The molecule has 0 radical (unpaired) electrons. The van der Waals surface area contributed by atoms with Crippen molar-refractivity contribution in [2.45, 2.75) is 11.9 Å². The third kappa shape index (κ3) is 3.92. The van der Waals surface area contributed by atoms with Crippen LogP contribution >= 0.6 is 31.9 Å². The summed E-state index contributed by atoms with van der Waals surface area (Å²) in [5.41, 5.74) is 2.02. The molecule has 0 aliphatic heterocycles. The van der Waals surface area contributed by atoms with Gasteiger partial charge in [0, 0.05) is 20.9 Å². The Balaban J connectivity index is 2.26. The molecule has 0 bridgehead atoms. The van der Waals surface area contributed by atoms with E-state index in [1.54, 1.807) is 14.2 Å². The van der Waals surface area contributed by atoms with Crippen molar-refractivity contribution in [2.75, 3.05) is 14.2 Å². The zero-order valence-corrected chi connectivity index (χ0v) is 15.0. The first-order chi connectivity index (χ1) is 10.2. The Kier molecular flexibility index (Phi) is 5.94. The highest BCUT2D eigenvalue weighted by Gasteiger charge is 2.11. The van der Waals surface area contributed by atoms with Crippen LogP contribution in [-0.2, 0) is 11.9 Å². The fourth-order valence-electron chi connectivity index (χ4n) is 2.00. The fraction of sp³-hybridized carbons (Fsp3) is 0.250. The number of ether oxygens (including phenoxy) is 3. The standard InChI is InChI=1S/C16H16Br2O3/c1-19-14-7-6-13(18)8-12(14)10-21-16-11(9-17)4-3-5-15(16)20-2/h3-8H,9-10H2,1-2H3. The van der Waals surface area contributed by atoms with Crippen LogP contribution < -0.4 is 14.2 Å². The van der Waals surface area contributed by atoms with Crippen LogP contribution in [0.4, 0.5) is 0 Å². The lowest BCUT2D eigenvalue weighted by Gasteiger charge is -2.15. The lowest BCUT2D eigenvalue weighted by atomic mass is 10.2. The average molecular weight is 416 g/mol. The van der Waals surface area contributed by atoms with Gasteiger partial charge in [-0.15, -0.1) is 0 Å². The maximum atomic E-state index is 5.98. The Morgan fingerprint density at radius 1 is 0.952 bits per heavy atom. The Morgan fingerprint density at radius 2 is 1.71 bits per heavy atom. The first-order valence-electron chi connectivity index (χ1n) is 6.36. The van der Waals surface area contributed by atoms with E-state index in [0.29, 0.717) is 11.9 Å². The van der Waals surface area contributed by atoms with Crippen LogP contribution in [0.1, 0.15) is 11.1 Å². The third-order valence-electron chi connectivity index (χ3n) is 3.04. The van der Waals surface area contributed by atoms with Gasteiger partial charge in [0.2, 0.25) is 0 Å². The van der Waals surface area contributed by atoms with E-state index in [0.717, 1.165) is 32.8 Å². The summed E-state index contributed by atoms with van der Waals surface area (Å²) in [6, 6.07) is 11.7. The second-order valence-electron chi connectivity index (χ2n) is 4.33. The molecule has 0 aromatic heterocycles. The molecule has 0 atom stereocenters. The molecule has 3 nitrogen and oxygen atoms in total. The maximum absolute atomic E-state index is 5.98. The number of rotatable bonds is 6. The molecule has 5 heteroatoms. The summed E-state index contributed by atoms with van der Waals surface area (Å²) < 4.78 is 17.7. The highest BCUT2D eigenvalue weighted by atomic mass is 79.9. The molecule has 2 aromatic rings. The van der Waals surface area contributed by atoms with Crippen molar-refractivity contribution in [3.05, 3.63) is 52.0 Å². The molecule has 0 fully saturated rings. The number of benzene rings is 2. The van der Waals surface area contributed by atoms with Crippen molar-refractivity contribution >= 4 is 31.9 Å². The minimum absolute atomic E-state index is 0.406. The van der Waals surface area contributed by atoms with Crippen LogP contribution in [0, 0.1) is 0 Å². The van der Waals surface area contributed by atoms with Gasteiger partial charge in [0.1, 0.15) is 12.4 Å². The maximum Gasteiger partial charge on any atom is 0.165 e. The molecule has 0 aliphatic rings. The van der Waals surface area contributed by atoms with Crippen LogP contribution in [0.3, 0.4) is 0 Å². The van der Waals surface area contributed by atoms with Crippen molar-refractivity contribution in [1.82, 2.24) is 0 Å².